The zero-order valence-corrected chi connectivity index (χ0v) is 12.7. The monoisotopic (exact) mass is 318 g/mol. The molecule has 0 spiro atoms. The molecule has 6 heteroatoms. The highest BCUT2D eigenvalue weighted by molar-refractivity contribution is 5.94. The van der Waals surface area contributed by atoms with Gasteiger partial charge in [-0.1, -0.05) is 18.2 Å². The van der Waals surface area contributed by atoms with Crippen molar-refractivity contribution in [3.8, 4) is 0 Å². The number of nitrogens with zero attached hydrogens (tertiary/aromatic N) is 2. The maximum atomic E-state index is 12.2. The van der Waals surface area contributed by atoms with Crippen molar-refractivity contribution < 1.29 is 9.53 Å². The fourth-order valence-electron chi connectivity index (χ4n) is 2.60. The summed E-state index contributed by atoms with van der Waals surface area (Å²) in [4.78, 5) is 23.8. The summed E-state index contributed by atoms with van der Waals surface area (Å²) >= 11 is 0. The molecule has 0 radical (unpaired) electrons. The molecular formula is C18H14N4O2. The Morgan fingerprint density at radius 3 is 2.92 bits per heavy atom. The topological polar surface area (TPSA) is 93.9 Å². The van der Waals surface area contributed by atoms with E-state index in [1.54, 1.807) is 12.1 Å². The van der Waals surface area contributed by atoms with Gasteiger partial charge in [-0.15, -0.1) is 0 Å². The molecular weight excluding hydrogens is 304 g/mol. The van der Waals surface area contributed by atoms with Crippen LogP contribution in [0.5, 0.6) is 0 Å². The molecule has 118 valence electrons. The van der Waals surface area contributed by atoms with Crippen molar-refractivity contribution in [2.75, 3.05) is 5.73 Å². The number of carbonyl (C=O) groups excluding carboxylic acids is 1. The molecule has 0 bridgehead atoms. The van der Waals surface area contributed by atoms with Crippen molar-refractivity contribution in [3.63, 3.8) is 0 Å². The van der Waals surface area contributed by atoms with Gasteiger partial charge >= 0.3 is 5.97 Å². The van der Waals surface area contributed by atoms with Crippen LogP contribution in [0.15, 0.2) is 54.7 Å². The van der Waals surface area contributed by atoms with Crippen molar-refractivity contribution in [2.24, 2.45) is 0 Å². The van der Waals surface area contributed by atoms with Gasteiger partial charge in [-0.25, -0.2) is 14.8 Å². The zero-order chi connectivity index (χ0) is 16.5. The number of nitrogens with one attached hydrogen (secondary N) is 1. The van der Waals surface area contributed by atoms with Gasteiger partial charge in [0.25, 0.3) is 0 Å². The van der Waals surface area contributed by atoms with Gasteiger partial charge in [0.1, 0.15) is 5.82 Å². The van der Waals surface area contributed by atoms with Crippen LogP contribution in [0.1, 0.15) is 16.2 Å². The first-order chi connectivity index (χ1) is 11.7. The van der Waals surface area contributed by atoms with Gasteiger partial charge in [0, 0.05) is 17.1 Å². The summed E-state index contributed by atoms with van der Waals surface area (Å²) in [7, 11) is 0. The van der Waals surface area contributed by atoms with Crippen LogP contribution in [0, 0.1) is 0 Å². The van der Waals surface area contributed by atoms with Gasteiger partial charge in [-0.05, 0) is 35.7 Å². The highest BCUT2D eigenvalue weighted by Crippen LogP contribution is 2.18. The van der Waals surface area contributed by atoms with E-state index in [4.69, 9.17) is 10.5 Å². The molecule has 3 N–H and O–H groups in total. The van der Waals surface area contributed by atoms with Crippen LogP contribution in [-0.2, 0) is 11.3 Å². The molecule has 2 heterocycles. The average Bonchev–Trinajstić information content (AvgIpc) is 3.07. The summed E-state index contributed by atoms with van der Waals surface area (Å²) in [6.45, 7) is -0.0311. The van der Waals surface area contributed by atoms with E-state index >= 15 is 0 Å². The standard InChI is InChI=1S/C18H14N4O2/c19-17-13-3-1-2-4-14(13)21-16(22-17)10-24-18(23)12-6-5-11-7-8-20-15(11)9-12/h1-9,20H,10H2,(H2,19,21,22). The molecule has 24 heavy (non-hydrogen) atoms. The molecule has 0 aliphatic carbocycles. The van der Waals surface area contributed by atoms with Gasteiger partial charge < -0.3 is 15.5 Å². The van der Waals surface area contributed by atoms with Crippen molar-refractivity contribution in [1.82, 2.24) is 15.0 Å². The van der Waals surface area contributed by atoms with Crippen molar-refractivity contribution >= 4 is 33.6 Å². The normalized spacial score (nSPS) is 11.0. The molecule has 2 aromatic heterocycles. The fourth-order valence-corrected chi connectivity index (χ4v) is 2.60. The van der Waals surface area contributed by atoms with Gasteiger partial charge in [-0.3, -0.25) is 0 Å². The lowest BCUT2D eigenvalue weighted by molar-refractivity contribution is 0.0463. The van der Waals surface area contributed by atoms with Crippen molar-refractivity contribution in [1.29, 1.82) is 0 Å². The first-order valence-corrected chi connectivity index (χ1v) is 7.46. The third-order valence-corrected chi connectivity index (χ3v) is 3.80. The van der Waals surface area contributed by atoms with Gasteiger partial charge in [0.15, 0.2) is 12.4 Å². The molecule has 0 aliphatic rings. The molecule has 0 saturated heterocycles. The number of para-hydroxylation sites is 1. The summed E-state index contributed by atoms with van der Waals surface area (Å²) in [5.41, 5.74) is 8.01. The van der Waals surface area contributed by atoms with Gasteiger partial charge in [0.2, 0.25) is 0 Å². The van der Waals surface area contributed by atoms with Crippen LogP contribution in [0.3, 0.4) is 0 Å². The van der Waals surface area contributed by atoms with Crippen molar-refractivity contribution in [2.45, 2.75) is 6.61 Å². The SMILES string of the molecule is Nc1nc(COC(=O)c2ccc3cc[nH]c3c2)nc2ccccc12. The van der Waals surface area contributed by atoms with Crippen LogP contribution in [0.4, 0.5) is 5.82 Å². The number of nitrogen functional groups attached to an aromatic ring is 1. The molecule has 4 rings (SSSR count). The lowest BCUT2D eigenvalue weighted by Crippen LogP contribution is -2.08. The summed E-state index contributed by atoms with van der Waals surface area (Å²) in [6.07, 6.45) is 1.82. The minimum Gasteiger partial charge on any atom is -0.454 e. The number of rotatable bonds is 3. The second-order valence-corrected chi connectivity index (χ2v) is 5.40. The van der Waals surface area contributed by atoms with Crippen LogP contribution in [0.2, 0.25) is 0 Å². The number of H-pyrrole nitrogens is 1. The number of ether oxygens (including phenoxy) is 1. The van der Waals surface area contributed by atoms with Crippen LogP contribution in [-0.4, -0.2) is 20.9 Å². The quantitative estimate of drug-likeness (QED) is 0.566. The smallest absolute Gasteiger partial charge is 0.338 e. The molecule has 0 unspecified atom stereocenters. The Bertz CT molecular complexity index is 1060. The molecule has 2 aromatic carbocycles. The first kappa shape index (κ1) is 14.2. The number of hydrogen-bond donors (Lipinski definition) is 2. The number of benzene rings is 2. The van der Waals surface area contributed by atoms with Gasteiger partial charge in [-0.2, -0.15) is 0 Å². The van der Waals surface area contributed by atoms with E-state index in [9.17, 15) is 4.79 Å². The number of anilines is 1. The Hall–Kier alpha value is -3.41. The second-order valence-electron chi connectivity index (χ2n) is 5.40. The second kappa shape index (κ2) is 5.66. The highest BCUT2D eigenvalue weighted by atomic mass is 16.5. The fraction of sp³-hybridized carbons (Fsp3) is 0.0556. The molecule has 0 amide bonds. The van der Waals surface area contributed by atoms with Crippen LogP contribution >= 0.6 is 0 Å². The molecule has 6 nitrogen and oxygen atoms in total. The number of hydrogen-bond acceptors (Lipinski definition) is 5. The Kier molecular flexibility index (Phi) is 3.35. The number of esters is 1. The number of carbonyl (C=O) groups is 1. The summed E-state index contributed by atoms with van der Waals surface area (Å²) in [5.74, 6) is 0.321. The molecule has 0 atom stereocenters. The van der Waals surface area contributed by atoms with E-state index in [1.165, 1.54) is 0 Å². The molecule has 0 aliphatic heterocycles. The molecule has 0 fully saturated rings. The maximum Gasteiger partial charge on any atom is 0.338 e. The van der Waals surface area contributed by atoms with E-state index in [2.05, 4.69) is 15.0 Å². The Morgan fingerprint density at radius 2 is 2.00 bits per heavy atom. The van der Waals surface area contributed by atoms with Crippen LogP contribution in [0.25, 0.3) is 21.8 Å². The number of fused-ring (bicyclic) bond motifs is 2. The minimum atomic E-state index is -0.429. The maximum absolute atomic E-state index is 12.2. The minimum absolute atomic E-state index is 0.0311. The van der Waals surface area contributed by atoms with E-state index in [0.29, 0.717) is 17.2 Å². The lowest BCUT2D eigenvalue weighted by atomic mass is 10.2. The zero-order valence-electron chi connectivity index (χ0n) is 12.7. The molecule has 0 saturated carbocycles. The summed E-state index contributed by atoms with van der Waals surface area (Å²) in [6, 6.07) is 14.7. The summed E-state index contributed by atoms with van der Waals surface area (Å²) < 4.78 is 5.31. The third-order valence-electron chi connectivity index (χ3n) is 3.80. The number of nitrogens with two attached hydrogens (primary N) is 1. The lowest BCUT2D eigenvalue weighted by Gasteiger charge is -2.07. The average molecular weight is 318 g/mol. The van der Waals surface area contributed by atoms with E-state index in [0.717, 1.165) is 21.8 Å². The largest absolute Gasteiger partial charge is 0.454 e. The highest BCUT2D eigenvalue weighted by Gasteiger charge is 2.11. The molecule has 4 aromatic rings. The van der Waals surface area contributed by atoms with Crippen LogP contribution < -0.4 is 5.73 Å². The summed E-state index contributed by atoms with van der Waals surface area (Å²) in [5, 5.41) is 1.82. The predicted molar refractivity (Wildman–Crippen MR) is 91.4 cm³/mol. The van der Waals surface area contributed by atoms with Gasteiger partial charge in [0.05, 0.1) is 11.1 Å². The Balaban J connectivity index is 1.54. The number of aromatic amines is 1. The number of aromatic nitrogens is 3. The predicted octanol–water partition coefficient (Wildman–Crippen LogP) is 3.05. The third kappa shape index (κ3) is 2.54. The van der Waals surface area contributed by atoms with Crippen molar-refractivity contribution in [3.05, 3.63) is 66.1 Å². The first-order valence-electron chi connectivity index (χ1n) is 7.46. The van der Waals surface area contributed by atoms with E-state index in [-0.39, 0.29) is 6.61 Å². The van der Waals surface area contributed by atoms with E-state index < -0.39 is 5.97 Å². The van der Waals surface area contributed by atoms with E-state index in [1.807, 2.05) is 42.6 Å². The Labute approximate surface area is 137 Å². The Morgan fingerprint density at radius 1 is 1.12 bits per heavy atom.